The van der Waals surface area contributed by atoms with E-state index < -0.39 is 5.82 Å². The van der Waals surface area contributed by atoms with Crippen LogP contribution >= 0.6 is 0 Å². The molecule has 0 spiro atoms. The van der Waals surface area contributed by atoms with Crippen LogP contribution in [0.25, 0.3) is 11.1 Å². The Labute approximate surface area is 164 Å². The molecule has 0 radical (unpaired) electrons. The van der Waals surface area contributed by atoms with Crippen LogP contribution in [0.3, 0.4) is 0 Å². The summed E-state index contributed by atoms with van der Waals surface area (Å²) in [6.07, 6.45) is 3.38. The number of rotatable bonds is 7. The van der Waals surface area contributed by atoms with Crippen LogP contribution in [-0.2, 0) is 9.53 Å². The van der Waals surface area contributed by atoms with Gasteiger partial charge in [0, 0.05) is 18.9 Å². The molecule has 3 rings (SSSR count). The lowest BCUT2D eigenvalue weighted by Crippen LogP contribution is -2.36. The number of amides is 1. The highest BCUT2D eigenvalue weighted by atomic mass is 19.1. The first-order valence-electron chi connectivity index (χ1n) is 9.97. The van der Waals surface area contributed by atoms with Gasteiger partial charge in [-0.2, -0.15) is 4.39 Å². The quantitative estimate of drug-likeness (QED) is 0.760. The van der Waals surface area contributed by atoms with Crippen LogP contribution < -0.4 is 10.1 Å². The van der Waals surface area contributed by atoms with Gasteiger partial charge in [0.1, 0.15) is 5.52 Å². The van der Waals surface area contributed by atoms with Gasteiger partial charge in [0.2, 0.25) is 11.7 Å². The number of carbonyl (C=O) groups excluding carboxylic acids is 1. The first kappa shape index (κ1) is 20.6. The third-order valence-corrected chi connectivity index (χ3v) is 4.92. The van der Waals surface area contributed by atoms with Gasteiger partial charge < -0.3 is 19.2 Å². The van der Waals surface area contributed by atoms with Gasteiger partial charge in [-0.3, -0.25) is 4.79 Å². The summed E-state index contributed by atoms with van der Waals surface area (Å²) in [6.45, 7) is 7.82. The van der Waals surface area contributed by atoms with E-state index in [1.807, 2.05) is 20.8 Å². The summed E-state index contributed by atoms with van der Waals surface area (Å²) in [4.78, 5) is 15.4. The summed E-state index contributed by atoms with van der Waals surface area (Å²) in [5, 5.41) is 2.81. The largest absolute Gasteiger partial charge is 0.487 e. The van der Waals surface area contributed by atoms with Crippen molar-refractivity contribution in [1.82, 2.24) is 10.3 Å². The van der Waals surface area contributed by atoms with E-state index in [1.54, 1.807) is 12.1 Å². The van der Waals surface area contributed by atoms with E-state index in [1.165, 1.54) is 6.92 Å². The molecule has 0 aliphatic heterocycles. The number of ether oxygens (including phenoxy) is 2. The van der Waals surface area contributed by atoms with Crippen molar-refractivity contribution < 1.29 is 23.1 Å². The third kappa shape index (κ3) is 5.01. The monoisotopic (exact) mass is 392 g/mol. The zero-order valence-corrected chi connectivity index (χ0v) is 17.0. The minimum atomic E-state index is -0.487. The SMILES string of the molecule is CC(=O)N[C@@H](C)COC1CCC(Oc2ccc3nc(C(C)C)oc3c2F)CC1. The molecule has 6 nitrogen and oxygen atoms in total. The molecule has 0 bridgehead atoms. The molecular weight excluding hydrogens is 363 g/mol. The van der Waals surface area contributed by atoms with Crippen molar-refractivity contribution >= 4 is 17.0 Å². The van der Waals surface area contributed by atoms with Crippen LogP contribution in [0.15, 0.2) is 16.5 Å². The lowest BCUT2D eigenvalue weighted by Gasteiger charge is -2.29. The highest BCUT2D eigenvalue weighted by Gasteiger charge is 2.25. The van der Waals surface area contributed by atoms with E-state index in [0.717, 1.165) is 25.7 Å². The van der Waals surface area contributed by atoms with Crippen molar-refractivity contribution in [2.45, 2.75) is 77.5 Å². The van der Waals surface area contributed by atoms with Gasteiger partial charge in [0.05, 0.1) is 18.8 Å². The average Bonchev–Trinajstić information content (AvgIpc) is 3.08. The van der Waals surface area contributed by atoms with Crippen LogP contribution in [0, 0.1) is 5.82 Å². The second-order valence-electron chi connectivity index (χ2n) is 7.88. The Morgan fingerprint density at radius 2 is 1.93 bits per heavy atom. The summed E-state index contributed by atoms with van der Waals surface area (Å²) in [6, 6.07) is 3.36. The summed E-state index contributed by atoms with van der Waals surface area (Å²) < 4.78 is 32.1. The van der Waals surface area contributed by atoms with Crippen molar-refractivity contribution in [3.63, 3.8) is 0 Å². The van der Waals surface area contributed by atoms with Gasteiger partial charge in [-0.15, -0.1) is 0 Å². The predicted molar refractivity (Wildman–Crippen MR) is 104 cm³/mol. The van der Waals surface area contributed by atoms with Gasteiger partial charge in [-0.25, -0.2) is 4.98 Å². The van der Waals surface area contributed by atoms with E-state index in [0.29, 0.717) is 18.0 Å². The highest BCUT2D eigenvalue weighted by molar-refractivity contribution is 5.75. The zero-order chi connectivity index (χ0) is 20.3. The van der Waals surface area contributed by atoms with Gasteiger partial charge in [0.15, 0.2) is 17.2 Å². The van der Waals surface area contributed by atoms with Gasteiger partial charge >= 0.3 is 0 Å². The number of nitrogens with zero attached hydrogens (tertiary/aromatic N) is 1. The second-order valence-corrected chi connectivity index (χ2v) is 7.88. The molecule has 1 aliphatic rings. The Kier molecular flexibility index (Phi) is 6.54. The number of halogens is 1. The number of oxazole rings is 1. The second kappa shape index (κ2) is 8.90. The molecule has 1 N–H and O–H groups in total. The van der Waals surface area contributed by atoms with E-state index in [9.17, 15) is 9.18 Å². The van der Waals surface area contributed by atoms with Crippen molar-refractivity contribution in [3.05, 3.63) is 23.8 Å². The third-order valence-electron chi connectivity index (χ3n) is 4.92. The number of aromatic nitrogens is 1. The van der Waals surface area contributed by atoms with Crippen molar-refractivity contribution in [2.75, 3.05) is 6.61 Å². The molecule has 1 fully saturated rings. The van der Waals surface area contributed by atoms with Crippen LogP contribution in [0.5, 0.6) is 5.75 Å². The van der Waals surface area contributed by atoms with Gasteiger partial charge in [-0.05, 0) is 44.7 Å². The molecule has 1 amide bonds. The maximum absolute atomic E-state index is 14.8. The molecular formula is C21H29FN2O4. The molecule has 1 atom stereocenters. The molecule has 7 heteroatoms. The van der Waals surface area contributed by atoms with E-state index in [-0.39, 0.29) is 41.4 Å². The van der Waals surface area contributed by atoms with Crippen LogP contribution in [0.2, 0.25) is 0 Å². The number of carbonyl (C=O) groups is 1. The zero-order valence-electron chi connectivity index (χ0n) is 17.0. The summed E-state index contributed by atoms with van der Waals surface area (Å²) in [5.41, 5.74) is 0.670. The molecule has 1 saturated carbocycles. The summed E-state index contributed by atoms with van der Waals surface area (Å²) >= 11 is 0. The number of hydrogen-bond donors (Lipinski definition) is 1. The maximum atomic E-state index is 14.8. The number of hydrogen-bond acceptors (Lipinski definition) is 5. The highest BCUT2D eigenvalue weighted by Crippen LogP contribution is 2.32. The normalized spacial score (nSPS) is 21.1. The Balaban J connectivity index is 1.53. The molecule has 1 aromatic heterocycles. The molecule has 0 unspecified atom stereocenters. The van der Waals surface area contributed by atoms with Crippen LogP contribution in [0.1, 0.15) is 65.2 Å². The fraction of sp³-hybridized carbons (Fsp3) is 0.619. The number of nitrogens with one attached hydrogen (secondary N) is 1. The van der Waals surface area contributed by atoms with Crippen molar-refractivity contribution in [1.29, 1.82) is 0 Å². The molecule has 1 aromatic carbocycles. The minimum absolute atomic E-state index is 0.00932. The van der Waals surface area contributed by atoms with E-state index in [4.69, 9.17) is 13.9 Å². The Morgan fingerprint density at radius 3 is 2.57 bits per heavy atom. The average molecular weight is 392 g/mol. The minimum Gasteiger partial charge on any atom is -0.487 e. The predicted octanol–water partition coefficient (Wildman–Crippen LogP) is 4.32. The van der Waals surface area contributed by atoms with E-state index in [2.05, 4.69) is 10.3 Å². The Bertz CT molecular complexity index is 812. The van der Waals surface area contributed by atoms with Crippen LogP contribution in [0.4, 0.5) is 4.39 Å². The fourth-order valence-electron chi connectivity index (χ4n) is 3.46. The van der Waals surface area contributed by atoms with Gasteiger partial charge in [0.25, 0.3) is 0 Å². The first-order valence-corrected chi connectivity index (χ1v) is 9.97. The molecule has 1 heterocycles. The first-order chi connectivity index (χ1) is 13.3. The smallest absolute Gasteiger partial charge is 0.217 e. The van der Waals surface area contributed by atoms with E-state index >= 15 is 0 Å². The Morgan fingerprint density at radius 1 is 1.25 bits per heavy atom. The molecule has 0 saturated heterocycles. The fourth-order valence-corrected chi connectivity index (χ4v) is 3.46. The molecule has 1 aliphatic carbocycles. The maximum Gasteiger partial charge on any atom is 0.217 e. The lowest BCUT2D eigenvalue weighted by atomic mass is 9.95. The standard InChI is InChI=1S/C21H29FN2O4/c1-12(2)21-24-17-9-10-18(19(22)20(17)28-21)27-16-7-5-15(6-8-16)26-11-13(3)23-14(4)25/h9-10,12-13,15-16H,5-8,11H2,1-4H3,(H,23,25)/t13-,15?,16?/m0/s1. The lowest BCUT2D eigenvalue weighted by molar-refractivity contribution is -0.120. The topological polar surface area (TPSA) is 73.6 Å². The number of fused-ring (bicyclic) bond motifs is 1. The van der Waals surface area contributed by atoms with Gasteiger partial charge in [-0.1, -0.05) is 13.8 Å². The number of benzene rings is 1. The van der Waals surface area contributed by atoms with Crippen molar-refractivity contribution in [2.24, 2.45) is 0 Å². The molecule has 28 heavy (non-hydrogen) atoms. The van der Waals surface area contributed by atoms with Crippen molar-refractivity contribution in [3.8, 4) is 5.75 Å². The summed E-state index contributed by atoms with van der Waals surface area (Å²) in [7, 11) is 0. The molecule has 154 valence electrons. The van der Waals surface area contributed by atoms with Crippen LogP contribution in [-0.4, -0.2) is 35.7 Å². The Hall–Kier alpha value is -2.15. The summed E-state index contributed by atoms with van der Waals surface area (Å²) in [5.74, 6) is 0.290. The molecule has 2 aromatic rings.